The number of benzene rings is 3. The fourth-order valence-electron chi connectivity index (χ4n) is 5.82. The molecule has 3 aromatic rings. The summed E-state index contributed by atoms with van der Waals surface area (Å²) >= 11 is 0. The van der Waals surface area contributed by atoms with Gasteiger partial charge in [0.1, 0.15) is 0 Å². The third kappa shape index (κ3) is 3.34. The molecule has 1 spiro atoms. The molecule has 0 bridgehead atoms. The van der Waals surface area contributed by atoms with Gasteiger partial charge in [-0.1, -0.05) is 78.9 Å². The van der Waals surface area contributed by atoms with Gasteiger partial charge in [-0.15, -0.1) is 0 Å². The first kappa shape index (κ1) is 22.8. The van der Waals surface area contributed by atoms with Crippen molar-refractivity contribution in [3.05, 3.63) is 113 Å². The molecule has 3 aromatic carbocycles. The van der Waals surface area contributed by atoms with E-state index in [1.165, 1.54) is 11.8 Å². The highest BCUT2D eigenvalue weighted by Gasteiger charge is 2.65. The molecule has 5 nitrogen and oxygen atoms in total. The Kier molecular flexibility index (Phi) is 5.64. The lowest BCUT2D eigenvalue weighted by Crippen LogP contribution is -2.48. The van der Waals surface area contributed by atoms with Crippen LogP contribution in [0, 0.1) is 6.92 Å². The number of aryl methyl sites for hydroxylation is 1. The molecular weight excluding hydrogens is 438 g/mol. The van der Waals surface area contributed by atoms with E-state index >= 15 is 0 Å². The quantitative estimate of drug-likeness (QED) is 0.497. The molecule has 1 aliphatic carbocycles. The van der Waals surface area contributed by atoms with E-state index in [9.17, 15) is 14.4 Å². The van der Waals surface area contributed by atoms with Crippen molar-refractivity contribution < 1.29 is 19.1 Å². The number of carbonyl (C=O) groups excluding carboxylic acids is 3. The van der Waals surface area contributed by atoms with Crippen molar-refractivity contribution >= 4 is 23.5 Å². The summed E-state index contributed by atoms with van der Waals surface area (Å²) in [6, 6.07) is 25.1. The van der Waals surface area contributed by atoms with Crippen LogP contribution in [-0.4, -0.2) is 24.4 Å². The van der Waals surface area contributed by atoms with Gasteiger partial charge < -0.3 is 4.74 Å². The predicted octanol–water partition coefficient (Wildman–Crippen LogP) is 5.20. The second-order valence-electron chi connectivity index (χ2n) is 9.12. The van der Waals surface area contributed by atoms with Gasteiger partial charge in [0.25, 0.3) is 0 Å². The average molecular weight is 466 g/mol. The number of nitrogens with zero attached hydrogens (tertiary/aromatic N) is 1. The van der Waals surface area contributed by atoms with Crippen LogP contribution >= 0.6 is 0 Å². The van der Waals surface area contributed by atoms with Crippen LogP contribution < -0.4 is 4.90 Å². The Labute approximate surface area is 205 Å². The van der Waals surface area contributed by atoms with Gasteiger partial charge in [-0.05, 0) is 42.2 Å². The molecule has 35 heavy (non-hydrogen) atoms. The summed E-state index contributed by atoms with van der Waals surface area (Å²) in [5.74, 6) is -2.19. The highest BCUT2D eigenvalue weighted by atomic mass is 16.5. The zero-order valence-corrected chi connectivity index (χ0v) is 20.0. The first-order valence-corrected chi connectivity index (χ1v) is 11.9. The van der Waals surface area contributed by atoms with E-state index in [1.54, 1.807) is 6.92 Å². The zero-order valence-electron chi connectivity index (χ0n) is 20.0. The van der Waals surface area contributed by atoms with Crippen molar-refractivity contribution in [2.75, 3.05) is 11.5 Å². The summed E-state index contributed by atoms with van der Waals surface area (Å²) < 4.78 is 5.48. The molecule has 1 heterocycles. The van der Waals surface area contributed by atoms with Crippen molar-refractivity contribution in [2.24, 2.45) is 0 Å². The third-order valence-corrected chi connectivity index (χ3v) is 7.12. The number of imide groups is 1. The number of ether oxygens (including phenoxy) is 1. The molecular formula is C30H27NO4. The number of anilines is 1. The SMILES string of the molecule is CCOC(=O)C1=C[C@@H](c2ccccc2)[C@]2(C(=O)N(C(C)=O)c3cc(C)ccc32)[C@H]1c1ccccc1. The standard InChI is InChI=1S/C30H27NO4/c1-4-35-28(33)23-18-25(21-11-7-5-8-12-21)30(27(23)22-13-9-6-10-14-22)24-16-15-19(2)17-26(24)31(20(3)32)29(30)34/h5-18,25,27H,4H2,1-3H3/t25-,27-,30-/m0/s1. The van der Waals surface area contributed by atoms with E-state index < -0.39 is 23.2 Å². The van der Waals surface area contributed by atoms with Crippen LogP contribution in [0.15, 0.2) is 90.5 Å². The molecule has 2 aliphatic rings. The molecule has 5 rings (SSSR count). The lowest BCUT2D eigenvalue weighted by atomic mass is 9.62. The molecule has 0 radical (unpaired) electrons. The van der Waals surface area contributed by atoms with Crippen LogP contribution in [-0.2, 0) is 24.5 Å². The minimum atomic E-state index is -1.21. The molecule has 1 aliphatic heterocycles. The Morgan fingerprint density at radius 1 is 0.943 bits per heavy atom. The predicted molar refractivity (Wildman–Crippen MR) is 134 cm³/mol. The summed E-state index contributed by atoms with van der Waals surface area (Å²) in [5.41, 5.74) is 3.25. The summed E-state index contributed by atoms with van der Waals surface area (Å²) in [4.78, 5) is 42.1. The van der Waals surface area contributed by atoms with E-state index in [0.717, 1.165) is 22.3 Å². The van der Waals surface area contributed by atoms with Crippen LogP contribution in [0.1, 0.15) is 47.9 Å². The van der Waals surface area contributed by atoms with E-state index in [2.05, 4.69) is 0 Å². The fourth-order valence-corrected chi connectivity index (χ4v) is 5.82. The van der Waals surface area contributed by atoms with Gasteiger partial charge in [0.05, 0.1) is 17.7 Å². The molecule has 0 saturated carbocycles. The van der Waals surface area contributed by atoms with Crippen molar-refractivity contribution in [2.45, 2.75) is 38.0 Å². The van der Waals surface area contributed by atoms with Gasteiger partial charge >= 0.3 is 5.97 Å². The zero-order chi connectivity index (χ0) is 24.7. The van der Waals surface area contributed by atoms with E-state index in [4.69, 9.17) is 4.74 Å². The lowest BCUT2D eigenvalue weighted by molar-refractivity contribution is -0.138. The summed E-state index contributed by atoms with van der Waals surface area (Å²) in [6.07, 6.45) is 1.89. The number of fused-ring (bicyclic) bond motifs is 2. The maximum Gasteiger partial charge on any atom is 0.334 e. The monoisotopic (exact) mass is 465 g/mol. The highest BCUT2D eigenvalue weighted by molar-refractivity contribution is 6.24. The number of esters is 1. The number of carbonyl (C=O) groups is 3. The maximum absolute atomic E-state index is 14.6. The van der Waals surface area contributed by atoms with Crippen LogP contribution in [0.4, 0.5) is 5.69 Å². The van der Waals surface area contributed by atoms with E-state index in [0.29, 0.717) is 11.3 Å². The average Bonchev–Trinajstić information content (AvgIpc) is 3.34. The Bertz CT molecular complexity index is 1350. The Balaban J connectivity index is 1.88. The van der Waals surface area contributed by atoms with Crippen molar-refractivity contribution in [3.63, 3.8) is 0 Å². The molecule has 0 saturated heterocycles. The van der Waals surface area contributed by atoms with Gasteiger partial charge in [-0.3, -0.25) is 9.59 Å². The van der Waals surface area contributed by atoms with Gasteiger partial charge in [0.15, 0.2) is 0 Å². The number of allylic oxidation sites excluding steroid dienone is 1. The van der Waals surface area contributed by atoms with Gasteiger partial charge in [0.2, 0.25) is 11.8 Å². The molecule has 3 atom stereocenters. The molecule has 0 unspecified atom stereocenters. The van der Waals surface area contributed by atoms with Crippen LogP contribution in [0.2, 0.25) is 0 Å². The molecule has 176 valence electrons. The minimum Gasteiger partial charge on any atom is -0.463 e. The Hall–Kier alpha value is -3.99. The van der Waals surface area contributed by atoms with Crippen molar-refractivity contribution in [3.8, 4) is 0 Å². The largest absolute Gasteiger partial charge is 0.463 e. The normalized spacial score (nSPS) is 22.8. The van der Waals surface area contributed by atoms with Crippen molar-refractivity contribution in [1.82, 2.24) is 0 Å². The van der Waals surface area contributed by atoms with Gasteiger partial charge in [-0.25, -0.2) is 9.69 Å². The molecule has 0 N–H and O–H groups in total. The summed E-state index contributed by atoms with van der Waals surface area (Å²) in [5, 5.41) is 0. The lowest BCUT2D eigenvalue weighted by Gasteiger charge is -2.37. The van der Waals surface area contributed by atoms with Crippen LogP contribution in [0.3, 0.4) is 0 Å². The number of amides is 2. The molecule has 2 amide bonds. The molecule has 0 aromatic heterocycles. The van der Waals surface area contributed by atoms with E-state index in [-0.39, 0.29) is 18.4 Å². The number of hydrogen-bond acceptors (Lipinski definition) is 4. The maximum atomic E-state index is 14.6. The Morgan fingerprint density at radius 2 is 1.57 bits per heavy atom. The summed E-state index contributed by atoms with van der Waals surface area (Å²) in [7, 11) is 0. The second kappa shape index (κ2) is 8.66. The topological polar surface area (TPSA) is 63.7 Å². The first-order valence-electron chi connectivity index (χ1n) is 11.9. The number of hydrogen-bond donors (Lipinski definition) is 0. The third-order valence-electron chi connectivity index (χ3n) is 7.12. The molecule has 0 fully saturated rings. The van der Waals surface area contributed by atoms with Crippen LogP contribution in [0.5, 0.6) is 0 Å². The van der Waals surface area contributed by atoms with E-state index in [1.807, 2.05) is 91.9 Å². The van der Waals surface area contributed by atoms with Gasteiger partial charge in [-0.2, -0.15) is 0 Å². The first-order chi connectivity index (χ1) is 16.9. The Morgan fingerprint density at radius 3 is 2.17 bits per heavy atom. The second-order valence-corrected chi connectivity index (χ2v) is 9.12. The van der Waals surface area contributed by atoms with Crippen LogP contribution in [0.25, 0.3) is 0 Å². The van der Waals surface area contributed by atoms with Crippen molar-refractivity contribution in [1.29, 1.82) is 0 Å². The minimum absolute atomic E-state index is 0.226. The fraction of sp³-hybridized carbons (Fsp3) is 0.233. The molecule has 5 heteroatoms. The highest BCUT2D eigenvalue weighted by Crippen LogP contribution is 2.63. The number of rotatable bonds is 4. The van der Waals surface area contributed by atoms with Gasteiger partial charge in [0, 0.05) is 24.3 Å². The smallest absolute Gasteiger partial charge is 0.334 e. The summed E-state index contributed by atoms with van der Waals surface area (Å²) in [6.45, 7) is 5.34.